The molecular weight excluding hydrogens is 277 g/mol. The minimum atomic E-state index is -1.35. The van der Waals surface area contributed by atoms with Gasteiger partial charge in [-0.05, 0) is 37.3 Å². The number of rotatable bonds is 3. The van der Waals surface area contributed by atoms with Gasteiger partial charge in [-0.15, -0.1) is 0 Å². The summed E-state index contributed by atoms with van der Waals surface area (Å²) in [7, 11) is 0. The van der Waals surface area contributed by atoms with E-state index >= 15 is 0 Å². The molecule has 21 heavy (non-hydrogen) atoms. The van der Waals surface area contributed by atoms with E-state index in [9.17, 15) is 19.1 Å². The van der Waals surface area contributed by atoms with Gasteiger partial charge in [-0.3, -0.25) is 4.79 Å². The lowest BCUT2D eigenvalue weighted by Gasteiger charge is -2.11. The molecule has 0 aliphatic carbocycles. The van der Waals surface area contributed by atoms with Crippen molar-refractivity contribution in [3.63, 3.8) is 0 Å². The Morgan fingerprint density at radius 1 is 1.14 bits per heavy atom. The molecule has 0 atom stereocenters. The van der Waals surface area contributed by atoms with Crippen LogP contribution in [0.25, 0.3) is 0 Å². The Morgan fingerprint density at radius 3 is 2.52 bits per heavy atom. The van der Waals surface area contributed by atoms with Crippen LogP contribution in [0.5, 0.6) is 5.75 Å². The molecule has 0 aromatic heterocycles. The fourth-order valence-electron chi connectivity index (χ4n) is 1.86. The maximum Gasteiger partial charge on any atom is 0.337 e. The summed E-state index contributed by atoms with van der Waals surface area (Å²) < 4.78 is 13.1. The lowest BCUT2D eigenvalue weighted by molar-refractivity contribution is 0.0697. The second-order valence-corrected chi connectivity index (χ2v) is 4.40. The van der Waals surface area contributed by atoms with Crippen LogP contribution in [-0.4, -0.2) is 22.1 Å². The Bertz CT molecular complexity index is 728. The van der Waals surface area contributed by atoms with Crippen molar-refractivity contribution in [2.45, 2.75) is 6.92 Å². The number of carboxylic acids is 1. The van der Waals surface area contributed by atoms with Gasteiger partial charge in [0.15, 0.2) is 0 Å². The fourth-order valence-corrected chi connectivity index (χ4v) is 1.86. The molecule has 2 rings (SSSR count). The highest BCUT2D eigenvalue weighted by Gasteiger charge is 2.16. The van der Waals surface area contributed by atoms with E-state index in [0.717, 1.165) is 12.1 Å². The number of aromatic hydroxyl groups is 1. The van der Waals surface area contributed by atoms with Gasteiger partial charge in [-0.25, -0.2) is 9.18 Å². The monoisotopic (exact) mass is 289 g/mol. The molecular formula is C15H12FNO4. The van der Waals surface area contributed by atoms with Crippen molar-refractivity contribution in [2.24, 2.45) is 0 Å². The topological polar surface area (TPSA) is 86.6 Å². The summed E-state index contributed by atoms with van der Waals surface area (Å²) in [5.41, 5.74) is 0.211. The van der Waals surface area contributed by atoms with Crippen molar-refractivity contribution >= 4 is 17.6 Å². The highest BCUT2D eigenvalue weighted by Crippen LogP contribution is 2.22. The number of benzene rings is 2. The first-order valence-electron chi connectivity index (χ1n) is 6.03. The van der Waals surface area contributed by atoms with Gasteiger partial charge >= 0.3 is 5.97 Å². The summed E-state index contributed by atoms with van der Waals surface area (Å²) in [6.45, 7) is 1.56. The SMILES string of the molecule is Cc1c(O)cccc1C(=O)Nc1ccc(F)cc1C(=O)O. The molecule has 1 amide bonds. The highest BCUT2D eigenvalue weighted by molar-refractivity contribution is 6.08. The number of phenols is 1. The molecule has 0 spiro atoms. The zero-order valence-electron chi connectivity index (χ0n) is 11.1. The third-order valence-corrected chi connectivity index (χ3v) is 3.01. The minimum absolute atomic E-state index is 0.0170. The summed E-state index contributed by atoms with van der Waals surface area (Å²) in [5, 5.41) is 21.0. The van der Waals surface area contributed by atoms with Gasteiger partial charge in [-0.2, -0.15) is 0 Å². The molecule has 3 N–H and O–H groups in total. The third-order valence-electron chi connectivity index (χ3n) is 3.01. The van der Waals surface area contributed by atoms with Gasteiger partial charge in [0.2, 0.25) is 0 Å². The third kappa shape index (κ3) is 3.00. The van der Waals surface area contributed by atoms with Crippen LogP contribution in [0.4, 0.5) is 10.1 Å². The number of hydrogen-bond donors (Lipinski definition) is 3. The second-order valence-electron chi connectivity index (χ2n) is 4.40. The number of carbonyl (C=O) groups excluding carboxylic acids is 1. The van der Waals surface area contributed by atoms with E-state index in [2.05, 4.69) is 5.32 Å². The molecule has 0 aliphatic rings. The average Bonchev–Trinajstić information content (AvgIpc) is 2.43. The number of carbonyl (C=O) groups is 2. The molecule has 0 unspecified atom stereocenters. The lowest BCUT2D eigenvalue weighted by atomic mass is 10.1. The summed E-state index contributed by atoms with van der Waals surface area (Å²) in [5.74, 6) is -2.69. The average molecular weight is 289 g/mol. The van der Waals surface area contributed by atoms with Crippen LogP contribution in [0, 0.1) is 12.7 Å². The first-order chi connectivity index (χ1) is 9.90. The summed E-state index contributed by atoms with van der Waals surface area (Å²) in [6, 6.07) is 7.49. The Hall–Kier alpha value is -2.89. The predicted octanol–water partition coefficient (Wildman–Crippen LogP) is 2.79. The van der Waals surface area contributed by atoms with E-state index < -0.39 is 17.7 Å². The Labute approximate surface area is 119 Å². The van der Waals surface area contributed by atoms with Crippen LogP contribution in [0.1, 0.15) is 26.3 Å². The molecule has 0 heterocycles. The standard InChI is InChI=1S/C15H12FNO4/c1-8-10(3-2-4-13(8)18)14(19)17-12-6-5-9(16)7-11(12)15(20)21/h2-7,18H,1H3,(H,17,19)(H,20,21). The van der Waals surface area contributed by atoms with E-state index in [0.29, 0.717) is 5.56 Å². The zero-order chi connectivity index (χ0) is 15.6. The van der Waals surface area contributed by atoms with E-state index in [1.807, 2.05) is 0 Å². The first kappa shape index (κ1) is 14.5. The molecule has 108 valence electrons. The van der Waals surface area contributed by atoms with Crippen molar-refractivity contribution in [3.8, 4) is 5.75 Å². The molecule has 0 bridgehead atoms. The van der Waals surface area contributed by atoms with Crippen molar-refractivity contribution in [1.29, 1.82) is 0 Å². The number of halogens is 1. The smallest absolute Gasteiger partial charge is 0.337 e. The first-order valence-corrected chi connectivity index (χ1v) is 6.03. The normalized spacial score (nSPS) is 10.2. The quantitative estimate of drug-likeness (QED) is 0.811. The maximum absolute atomic E-state index is 13.1. The van der Waals surface area contributed by atoms with Crippen LogP contribution in [0.3, 0.4) is 0 Å². The van der Waals surface area contributed by atoms with Gasteiger partial charge < -0.3 is 15.5 Å². The molecule has 5 nitrogen and oxygen atoms in total. The van der Waals surface area contributed by atoms with E-state index in [1.54, 1.807) is 6.92 Å². The fraction of sp³-hybridized carbons (Fsp3) is 0.0667. The van der Waals surface area contributed by atoms with E-state index in [4.69, 9.17) is 5.11 Å². The Balaban J connectivity index is 2.36. The predicted molar refractivity (Wildman–Crippen MR) is 74.2 cm³/mol. The maximum atomic E-state index is 13.1. The van der Waals surface area contributed by atoms with Crippen molar-refractivity contribution in [1.82, 2.24) is 0 Å². The molecule has 0 fully saturated rings. The van der Waals surface area contributed by atoms with Gasteiger partial charge in [0.05, 0.1) is 11.3 Å². The van der Waals surface area contributed by atoms with Crippen LogP contribution >= 0.6 is 0 Å². The van der Waals surface area contributed by atoms with Crippen LogP contribution in [0.2, 0.25) is 0 Å². The van der Waals surface area contributed by atoms with E-state index in [1.165, 1.54) is 24.3 Å². The van der Waals surface area contributed by atoms with Crippen molar-refractivity contribution in [2.75, 3.05) is 5.32 Å². The van der Waals surface area contributed by atoms with Crippen LogP contribution < -0.4 is 5.32 Å². The Morgan fingerprint density at radius 2 is 1.86 bits per heavy atom. The molecule has 2 aromatic rings. The van der Waals surface area contributed by atoms with Gasteiger partial charge in [0.25, 0.3) is 5.91 Å². The second kappa shape index (κ2) is 5.62. The van der Waals surface area contributed by atoms with Gasteiger partial charge in [-0.1, -0.05) is 6.07 Å². The molecule has 0 aliphatic heterocycles. The molecule has 0 saturated heterocycles. The van der Waals surface area contributed by atoms with Crippen molar-refractivity contribution < 1.29 is 24.2 Å². The summed E-state index contributed by atoms with van der Waals surface area (Å²) >= 11 is 0. The van der Waals surface area contributed by atoms with Crippen LogP contribution in [0.15, 0.2) is 36.4 Å². The largest absolute Gasteiger partial charge is 0.508 e. The summed E-state index contributed by atoms with van der Waals surface area (Å²) in [4.78, 5) is 23.2. The highest BCUT2D eigenvalue weighted by atomic mass is 19.1. The van der Waals surface area contributed by atoms with Gasteiger partial charge in [0.1, 0.15) is 11.6 Å². The Kier molecular flexibility index (Phi) is 3.89. The number of anilines is 1. The van der Waals surface area contributed by atoms with Gasteiger partial charge in [0, 0.05) is 11.1 Å². The molecule has 6 heteroatoms. The van der Waals surface area contributed by atoms with Crippen molar-refractivity contribution in [3.05, 3.63) is 58.9 Å². The number of nitrogens with one attached hydrogen (secondary N) is 1. The molecule has 2 aromatic carbocycles. The molecule has 0 saturated carbocycles. The summed E-state index contributed by atoms with van der Waals surface area (Å²) in [6.07, 6.45) is 0. The number of amides is 1. The molecule has 0 radical (unpaired) electrons. The zero-order valence-corrected chi connectivity index (χ0v) is 11.1. The minimum Gasteiger partial charge on any atom is -0.508 e. The van der Waals surface area contributed by atoms with E-state index in [-0.39, 0.29) is 22.6 Å². The van der Waals surface area contributed by atoms with Crippen LogP contribution in [-0.2, 0) is 0 Å². The number of aromatic carboxylic acids is 1. The number of carboxylic acid groups (broad SMARTS) is 1. The number of phenolic OH excluding ortho intramolecular Hbond substituents is 1. The lowest BCUT2D eigenvalue weighted by Crippen LogP contribution is -2.16. The number of hydrogen-bond acceptors (Lipinski definition) is 3.